The predicted molar refractivity (Wildman–Crippen MR) is 111 cm³/mol. The summed E-state index contributed by atoms with van der Waals surface area (Å²) in [5.74, 6) is 0. The molecule has 0 aromatic heterocycles. The number of methoxy groups -OCH3 is 1. The van der Waals surface area contributed by atoms with Crippen LogP contribution < -0.4 is 0 Å². The molecule has 1 saturated heterocycles. The topological polar surface area (TPSA) is 47.9 Å². The van der Waals surface area contributed by atoms with Gasteiger partial charge in [-0.3, -0.25) is 0 Å². The van der Waals surface area contributed by atoms with Crippen LogP contribution >= 0.6 is 0 Å². The van der Waals surface area contributed by atoms with E-state index in [-0.39, 0.29) is 6.61 Å². The normalized spacial score (nSPS) is 21.9. The molecule has 4 nitrogen and oxygen atoms in total. The number of rotatable bonds is 7. The van der Waals surface area contributed by atoms with Crippen LogP contribution in [0.2, 0.25) is 0 Å². The van der Waals surface area contributed by atoms with Crippen LogP contribution in [-0.4, -0.2) is 37.3 Å². The summed E-state index contributed by atoms with van der Waals surface area (Å²) in [6, 6.07) is 30.5. The molecular formula is C25H26O4. The minimum Gasteiger partial charge on any atom is -0.390 e. The SMILES string of the molecule is COC1C[C@@H](O)[C@@H](COC(c2ccccc2)(c2ccccc2)c2ccccc2)O1. The molecule has 0 bridgehead atoms. The highest BCUT2D eigenvalue weighted by Crippen LogP contribution is 2.41. The molecule has 1 aliphatic heterocycles. The average Bonchev–Trinajstić information content (AvgIpc) is 3.16. The number of hydrogen-bond donors (Lipinski definition) is 1. The van der Waals surface area contributed by atoms with Crippen molar-refractivity contribution in [3.63, 3.8) is 0 Å². The average molecular weight is 390 g/mol. The number of aliphatic hydroxyl groups excluding tert-OH is 1. The van der Waals surface area contributed by atoms with Crippen LogP contribution in [0.25, 0.3) is 0 Å². The second-order valence-corrected chi connectivity index (χ2v) is 7.23. The maximum absolute atomic E-state index is 10.4. The lowest BCUT2D eigenvalue weighted by Crippen LogP contribution is -2.38. The fourth-order valence-corrected chi connectivity index (χ4v) is 3.97. The van der Waals surface area contributed by atoms with Gasteiger partial charge in [0.25, 0.3) is 0 Å². The Labute approximate surface area is 171 Å². The van der Waals surface area contributed by atoms with Crippen molar-refractivity contribution in [3.8, 4) is 0 Å². The minimum absolute atomic E-state index is 0.236. The van der Waals surface area contributed by atoms with Gasteiger partial charge in [0.05, 0.1) is 12.7 Å². The van der Waals surface area contributed by atoms with Crippen LogP contribution in [0.4, 0.5) is 0 Å². The zero-order chi connectivity index (χ0) is 20.1. The van der Waals surface area contributed by atoms with Gasteiger partial charge in [0.1, 0.15) is 11.7 Å². The maximum atomic E-state index is 10.4. The molecule has 29 heavy (non-hydrogen) atoms. The van der Waals surface area contributed by atoms with E-state index in [0.29, 0.717) is 6.42 Å². The number of ether oxygens (including phenoxy) is 3. The van der Waals surface area contributed by atoms with Crippen LogP contribution in [0.1, 0.15) is 23.1 Å². The molecule has 4 rings (SSSR count). The summed E-state index contributed by atoms with van der Waals surface area (Å²) in [6.45, 7) is 0.236. The van der Waals surface area contributed by atoms with Crippen LogP contribution in [0.15, 0.2) is 91.0 Å². The number of hydrogen-bond acceptors (Lipinski definition) is 4. The van der Waals surface area contributed by atoms with E-state index in [2.05, 4.69) is 36.4 Å². The van der Waals surface area contributed by atoms with Crippen LogP contribution in [0.5, 0.6) is 0 Å². The third kappa shape index (κ3) is 3.98. The fourth-order valence-electron chi connectivity index (χ4n) is 3.97. The molecule has 150 valence electrons. The molecule has 4 heteroatoms. The Kier molecular flexibility index (Phi) is 6.07. The third-order valence-corrected chi connectivity index (χ3v) is 5.46. The lowest BCUT2D eigenvalue weighted by molar-refractivity contribution is -0.144. The smallest absolute Gasteiger partial charge is 0.160 e. The van der Waals surface area contributed by atoms with E-state index in [4.69, 9.17) is 14.2 Å². The van der Waals surface area contributed by atoms with Gasteiger partial charge in [-0.2, -0.15) is 0 Å². The van der Waals surface area contributed by atoms with Crippen molar-refractivity contribution in [1.82, 2.24) is 0 Å². The van der Waals surface area contributed by atoms with Crippen molar-refractivity contribution < 1.29 is 19.3 Å². The Morgan fingerprint density at radius 2 is 1.28 bits per heavy atom. The molecule has 0 amide bonds. The Morgan fingerprint density at radius 3 is 1.66 bits per heavy atom. The molecule has 0 saturated carbocycles. The zero-order valence-electron chi connectivity index (χ0n) is 16.5. The van der Waals surface area contributed by atoms with Crippen molar-refractivity contribution in [3.05, 3.63) is 108 Å². The van der Waals surface area contributed by atoms with Gasteiger partial charge in [0, 0.05) is 13.5 Å². The third-order valence-electron chi connectivity index (χ3n) is 5.46. The van der Waals surface area contributed by atoms with E-state index in [9.17, 15) is 5.11 Å². The quantitative estimate of drug-likeness (QED) is 0.617. The number of benzene rings is 3. The van der Waals surface area contributed by atoms with Crippen molar-refractivity contribution in [1.29, 1.82) is 0 Å². The summed E-state index contributed by atoms with van der Waals surface area (Å²) < 4.78 is 17.8. The molecule has 1 fully saturated rings. The second kappa shape index (κ2) is 8.89. The lowest BCUT2D eigenvalue weighted by Gasteiger charge is -2.37. The molecule has 3 aromatic carbocycles. The molecule has 1 N–H and O–H groups in total. The lowest BCUT2D eigenvalue weighted by atomic mass is 9.80. The van der Waals surface area contributed by atoms with Crippen molar-refractivity contribution in [2.24, 2.45) is 0 Å². The van der Waals surface area contributed by atoms with E-state index >= 15 is 0 Å². The van der Waals surface area contributed by atoms with E-state index in [1.165, 1.54) is 0 Å². The van der Waals surface area contributed by atoms with E-state index in [1.807, 2.05) is 54.6 Å². The Hall–Kier alpha value is -2.50. The first kappa shape index (κ1) is 19.8. The van der Waals surface area contributed by atoms with E-state index < -0.39 is 24.1 Å². The standard InChI is InChI=1S/C25H26O4/c1-27-24-17-22(26)23(29-24)18-28-25(19-11-5-2-6-12-19,20-13-7-3-8-14-20)21-15-9-4-10-16-21/h2-16,22-24,26H,17-18H2,1H3/t22-,23-,24?/m1/s1. The molecule has 1 unspecified atom stereocenters. The van der Waals surface area contributed by atoms with Crippen LogP contribution in [0.3, 0.4) is 0 Å². The van der Waals surface area contributed by atoms with Crippen LogP contribution in [-0.2, 0) is 19.8 Å². The maximum Gasteiger partial charge on any atom is 0.160 e. The van der Waals surface area contributed by atoms with Gasteiger partial charge in [0.2, 0.25) is 0 Å². The molecule has 1 aliphatic rings. The monoisotopic (exact) mass is 390 g/mol. The molecule has 0 spiro atoms. The zero-order valence-corrected chi connectivity index (χ0v) is 16.5. The highest BCUT2D eigenvalue weighted by atomic mass is 16.7. The van der Waals surface area contributed by atoms with Crippen molar-refractivity contribution >= 4 is 0 Å². The van der Waals surface area contributed by atoms with Crippen LogP contribution in [0, 0.1) is 0 Å². The first-order valence-electron chi connectivity index (χ1n) is 9.91. The summed E-state index contributed by atoms with van der Waals surface area (Å²) in [4.78, 5) is 0. The molecule has 3 aromatic rings. The Morgan fingerprint density at radius 1 is 0.828 bits per heavy atom. The van der Waals surface area contributed by atoms with E-state index in [1.54, 1.807) is 7.11 Å². The van der Waals surface area contributed by atoms with E-state index in [0.717, 1.165) is 16.7 Å². The van der Waals surface area contributed by atoms with Gasteiger partial charge in [-0.05, 0) is 16.7 Å². The molecule has 3 atom stereocenters. The molecular weight excluding hydrogens is 364 g/mol. The predicted octanol–water partition coefficient (Wildman–Crippen LogP) is 4.12. The summed E-state index contributed by atoms with van der Waals surface area (Å²) in [6.07, 6.45) is -1.03. The highest BCUT2D eigenvalue weighted by Gasteiger charge is 2.41. The first-order valence-corrected chi connectivity index (χ1v) is 9.91. The molecule has 0 aliphatic carbocycles. The minimum atomic E-state index is -0.821. The van der Waals surface area contributed by atoms with Gasteiger partial charge in [0.15, 0.2) is 6.29 Å². The summed E-state index contributed by atoms with van der Waals surface area (Å²) in [7, 11) is 1.59. The Balaban J connectivity index is 1.78. The fraction of sp³-hybridized carbons (Fsp3) is 0.280. The first-order chi connectivity index (χ1) is 14.2. The number of aliphatic hydroxyl groups is 1. The van der Waals surface area contributed by atoms with Gasteiger partial charge in [-0.1, -0.05) is 91.0 Å². The summed E-state index contributed by atoms with van der Waals surface area (Å²) in [5, 5.41) is 10.4. The largest absolute Gasteiger partial charge is 0.390 e. The molecule has 1 heterocycles. The van der Waals surface area contributed by atoms with Gasteiger partial charge in [-0.15, -0.1) is 0 Å². The summed E-state index contributed by atoms with van der Waals surface area (Å²) in [5.41, 5.74) is 2.24. The van der Waals surface area contributed by atoms with Crippen molar-refractivity contribution in [2.45, 2.75) is 30.5 Å². The summed E-state index contributed by atoms with van der Waals surface area (Å²) >= 11 is 0. The second-order valence-electron chi connectivity index (χ2n) is 7.23. The Bertz CT molecular complexity index is 786. The van der Waals surface area contributed by atoms with Crippen molar-refractivity contribution in [2.75, 3.05) is 13.7 Å². The van der Waals surface area contributed by atoms with Gasteiger partial charge in [-0.25, -0.2) is 0 Å². The highest BCUT2D eigenvalue weighted by molar-refractivity contribution is 5.47. The van der Waals surface area contributed by atoms with Gasteiger partial charge < -0.3 is 19.3 Å². The van der Waals surface area contributed by atoms with Gasteiger partial charge >= 0.3 is 0 Å². The molecule has 0 radical (unpaired) electrons.